The van der Waals surface area contributed by atoms with E-state index in [1.807, 2.05) is 6.92 Å². The molecule has 2 unspecified atom stereocenters. The molecule has 0 nitrogen and oxygen atoms in total. The molecular weight excluding hydrogens is 574 g/mol. The van der Waals surface area contributed by atoms with Crippen molar-refractivity contribution in [2.75, 3.05) is 0 Å². The van der Waals surface area contributed by atoms with Gasteiger partial charge >= 0.3 is 54.9 Å². The summed E-state index contributed by atoms with van der Waals surface area (Å²) < 4.78 is 2.30. The molecule has 130 valence electrons. The van der Waals surface area contributed by atoms with Gasteiger partial charge in [-0.1, -0.05) is 49.8 Å². The molecule has 0 amide bonds. The van der Waals surface area contributed by atoms with Crippen LogP contribution in [0.3, 0.4) is 0 Å². The van der Waals surface area contributed by atoms with Crippen molar-refractivity contribution in [1.82, 2.24) is 0 Å². The summed E-state index contributed by atoms with van der Waals surface area (Å²) in [6.45, 7) is 6.54. The number of fused-ring (bicyclic) bond motifs is 1. The van der Waals surface area contributed by atoms with Crippen molar-refractivity contribution in [2.45, 2.75) is 38.9 Å². The Hall–Kier alpha value is 0.0430. The van der Waals surface area contributed by atoms with E-state index in [0.29, 0.717) is 5.92 Å². The quantitative estimate of drug-likeness (QED) is 0.239. The van der Waals surface area contributed by atoms with Gasteiger partial charge in [-0.2, -0.15) is 5.56 Å². The molecule has 0 fully saturated rings. The SMILES string of the molecule is C[C]1=[C](Cl)[Ge]1([CH3])[Cl].Cc1[cH-]c2c(c1C1=CC=CC1)C(C)C=CC=C2.[Hf]. The van der Waals surface area contributed by atoms with Crippen LogP contribution in [0.4, 0.5) is 0 Å². The second-order valence-corrected chi connectivity index (χ2v) is 18.7. The fraction of sp³-hybridized carbons (Fsp3) is 0.286. The van der Waals surface area contributed by atoms with Gasteiger partial charge in [0.2, 0.25) is 0 Å². The molecule has 1 heterocycles. The maximum absolute atomic E-state index is 5.92. The fourth-order valence-corrected chi connectivity index (χ4v) is 10.9. The van der Waals surface area contributed by atoms with Gasteiger partial charge < -0.3 is 0 Å². The first-order chi connectivity index (χ1) is 11.3. The average Bonchev–Trinajstić information content (AvgIpc) is 2.99. The Morgan fingerprint density at radius 3 is 2.36 bits per heavy atom. The third-order valence-electron chi connectivity index (χ3n) is 5.06. The maximum atomic E-state index is 5.92. The predicted molar refractivity (Wildman–Crippen MR) is 111 cm³/mol. The summed E-state index contributed by atoms with van der Waals surface area (Å²) in [6, 6.07) is 2.32. The summed E-state index contributed by atoms with van der Waals surface area (Å²) in [6.07, 6.45) is 16.6. The minimum Gasteiger partial charge on any atom is -0.153 e. The summed E-state index contributed by atoms with van der Waals surface area (Å²) >= 11 is 3.73. The smallest absolute Gasteiger partial charge is 0 e. The normalized spacial score (nSPS) is 25.7. The van der Waals surface area contributed by atoms with Crippen LogP contribution in [0.25, 0.3) is 11.6 Å². The minimum atomic E-state index is -1.93. The topological polar surface area (TPSA) is 0 Å². The molecule has 4 rings (SSSR count). The first-order valence-corrected chi connectivity index (χ1v) is 15.7. The zero-order chi connectivity index (χ0) is 17.5. The number of aryl methyl sites for hydroxylation is 1. The van der Waals surface area contributed by atoms with E-state index in [0.717, 1.165) is 10.3 Å². The second kappa shape index (κ2) is 8.37. The van der Waals surface area contributed by atoms with Crippen LogP contribution in [0.2, 0.25) is 5.76 Å². The Balaban J connectivity index is 0.000000240. The second-order valence-electron chi connectivity index (χ2n) is 6.87. The number of hydrogen-bond donors (Lipinski definition) is 0. The summed E-state index contributed by atoms with van der Waals surface area (Å²) in [7, 11) is 5.92. The van der Waals surface area contributed by atoms with E-state index in [2.05, 4.69) is 68.2 Å². The van der Waals surface area contributed by atoms with E-state index < -0.39 is 12.3 Å². The number of halogens is 2. The molecule has 0 saturated carbocycles. The first kappa shape index (κ1) is 21.3. The molecule has 0 saturated heterocycles. The van der Waals surface area contributed by atoms with Gasteiger partial charge in [0.25, 0.3) is 0 Å². The minimum absolute atomic E-state index is 0. The molecular formula is C21H23Cl2GeHf-. The van der Waals surface area contributed by atoms with Gasteiger partial charge in [-0.25, -0.2) is 0 Å². The van der Waals surface area contributed by atoms with Gasteiger partial charge in [0, 0.05) is 25.8 Å². The Bertz CT molecular complexity index is 805. The van der Waals surface area contributed by atoms with E-state index >= 15 is 0 Å². The molecule has 1 aromatic rings. The third-order valence-corrected chi connectivity index (χ3v) is 16.1. The van der Waals surface area contributed by atoms with E-state index in [1.165, 1.54) is 32.2 Å². The summed E-state index contributed by atoms with van der Waals surface area (Å²) in [5, 5.41) is 0. The third kappa shape index (κ3) is 4.31. The zero-order valence-electron chi connectivity index (χ0n) is 15.2. The molecule has 1 aromatic carbocycles. The molecule has 3 aliphatic rings. The van der Waals surface area contributed by atoms with Crippen LogP contribution in [0.5, 0.6) is 0 Å². The van der Waals surface area contributed by atoms with Gasteiger partial charge in [0.15, 0.2) is 0 Å². The zero-order valence-corrected chi connectivity index (χ0v) is 22.4. The Morgan fingerprint density at radius 1 is 1.20 bits per heavy atom. The van der Waals surface area contributed by atoms with Crippen molar-refractivity contribution in [3.05, 3.63) is 73.0 Å². The molecule has 0 radical (unpaired) electrons. The molecule has 0 aromatic heterocycles. The molecule has 0 spiro atoms. The van der Waals surface area contributed by atoms with Crippen molar-refractivity contribution < 1.29 is 25.8 Å². The van der Waals surface area contributed by atoms with Crippen LogP contribution in [0, 0.1) is 6.92 Å². The summed E-state index contributed by atoms with van der Waals surface area (Å²) in [5.74, 6) is 2.59. The van der Waals surface area contributed by atoms with Crippen LogP contribution in [0.1, 0.15) is 48.4 Å². The van der Waals surface area contributed by atoms with Crippen LogP contribution in [0.15, 0.2) is 50.8 Å². The van der Waals surface area contributed by atoms with Crippen molar-refractivity contribution in [3.8, 4) is 0 Å². The van der Waals surface area contributed by atoms with Crippen molar-refractivity contribution in [1.29, 1.82) is 0 Å². The monoisotopic (exact) mass is 599 g/mol. The molecule has 4 heteroatoms. The molecule has 0 bridgehead atoms. The van der Waals surface area contributed by atoms with E-state index in [4.69, 9.17) is 21.6 Å². The average molecular weight is 597 g/mol. The van der Waals surface area contributed by atoms with Crippen molar-refractivity contribution in [3.63, 3.8) is 0 Å². The molecule has 0 N–H and O–H groups in total. The van der Waals surface area contributed by atoms with Crippen molar-refractivity contribution >= 4 is 45.6 Å². The van der Waals surface area contributed by atoms with Crippen LogP contribution in [-0.2, 0) is 25.8 Å². The Morgan fingerprint density at radius 2 is 1.84 bits per heavy atom. The van der Waals surface area contributed by atoms with Gasteiger partial charge in [0.1, 0.15) is 0 Å². The molecule has 2 atom stereocenters. The predicted octanol–water partition coefficient (Wildman–Crippen LogP) is 7.15. The summed E-state index contributed by atoms with van der Waals surface area (Å²) in [5.41, 5.74) is 7.26. The number of allylic oxidation sites excluding steroid dienone is 8. The van der Waals surface area contributed by atoms with Gasteiger partial charge in [-0.05, 0) is 12.3 Å². The van der Waals surface area contributed by atoms with Gasteiger partial charge in [-0.3, -0.25) is 0 Å². The van der Waals surface area contributed by atoms with E-state index in [-0.39, 0.29) is 25.8 Å². The van der Waals surface area contributed by atoms with Crippen LogP contribution < -0.4 is 0 Å². The summed E-state index contributed by atoms with van der Waals surface area (Å²) in [4.78, 5) is 0. The van der Waals surface area contributed by atoms with E-state index in [9.17, 15) is 0 Å². The number of rotatable bonds is 1. The van der Waals surface area contributed by atoms with E-state index in [1.54, 1.807) is 0 Å². The largest absolute Gasteiger partial charge is 0.153 e. The van der Waals surface area contributed by atoms with Gasteiger partial charge in [0.05, 0.1) is 0 Å². The Labute approximate surface area is 182 Å². The molecule has 25 heavy (non-hydrogen) atoms. The number of hydrogen-bond acceptors (Lipinski definition) is 0. The molecule has 1 aliphatic heterocycles. The fourth-order valence-electron chi connectivity index (χ4n) is 3.37. The maximum Gasteiger partial charge on any atom is 0 e. The first-order valence-electron chi connectivity index (χ1n) is 8.41. The standard InChI is InChI=1S/C17H17.C4H6Cl2Ge.Hf/c1-12-7-3-4-10-15-11-13(2)17(16(12)15)14-8-5-6-9-14;1-3-4(5)7(3,2)6;/h3-8,10-12H,9H2,1-2H3;1-2H3;/q-1;;. The van der Waals surface area contributed by atoms with Crippen molar-refractivity contribution in [2.24, 2.45) is 0 Å². The Kier molecular flexibility index (Phi) is 7.15. The van der Waals surface area contributed by atoms with Gasteiger partial charge in [-0.15, -0.1) is 34.9 Å². The van der Waals surface area contributed by atoms with Crippen LogP contribution in [-0.4, -0.2) is 12.3 Å². The van der Waals surface area contributed by atoms with Crippen LogP contribution >= 0.6 is 21.6 Å². The molecule has 2 aliphatic carbocycles.